The molecule has 0 spiro atoms. The van der Waals surface area contributed by atoms with Crippen LogP contribution in [0, 0.1) is 0 Å². The molecule has 18 heavy (non-hydrogen) atoms. The molecule has 0 saturated carbocycles. The molecule has 1 aliphatic heterocycles. The van der Waals surface area contributed by atoms with Crippen molar-refractivity contribution in [2.24, 2.45) is 0 Å². The van der Waals surface area contributed by atoms with Crippen molar-refractivity contribution in [2.75, 3.05) is 0 Å². The summed E-state index contributed by atoms with van der Waals surface area (Å²) in [6.45, 7) is 2.17. The third-order valence-electron chi connectivity index (χ3n) is 3.51. The monoisotopic (exact) mass is 238 g/mol. The molecule has 0 radical (unpaired) electrons. The van der Waals surface area contributed by atoms with E-state index in [0.717, 1.165) is 0 Å². The molecule has 2 aromatic carbocycles. The summed E-state index contributed by atoms with van der Waals surface area (Å²) in [5.41, 5.74) is 2.67. The summed E-state index contributed by atoms with van der Waals surface area (Å²) in [6.07, 6.45) is 0.334. The van der Waals surface area contributed by atoms with Gasteiger partial charge in [-0.15, -0.1) is 0 Å². The van der Waals surface area contributed by atoms with Crippen molar-refractivity contribution >= 4 is 0 Å². The Balaban J connectivity index is 1.93. The van der Waals surface area contributed by atoms with E-state index < -0.39 is 0 Å². The molecular weight excluding hydrogens is 220 g/mol. The van der Waals surface area contributed by atoms with Gasteiger partial charge in [-0.1, -0.05) is 60.7 Å². The Morgan fingerprint density at radius 2 is 1.06 bits per heavy atom. The smallest absolute Gasteiger partial charge is 0.0553 e. The van der Waals surface area contributed by atoms with E-state index >= 15 is 0 Å². The van der Waals surface area contributed by atoms with Gasteiger partial charge >= 0.3 is 0 Å². The minimum Gasteiger partial charge on any atom is -0.293 e. The van der Waals surface area contributed by atoms with E-state index in [1.165, 1.54) is 11.1 Å². The summed E-state index contributed by atoms with van der Waals surface area (Å²) in [5.74, 6) is 0. The third-order valence-corrected chi connectivity index (χ3v) is 3.51. The molecule has 92 valence electrons. The molecule has 0 aromatic heterocycles. The second kappa shape index (κ2) is 4.92. The molecule has 1 saturated heterocycles. The fourth-order valence-electron chi connectivity index (χ4n) is 2.68. The van der Waals surface area contributed by atoms with Crippen LogP contribution in [0.3, 0.4) is 0 Å². The van der Waals surface area contributed by atoms with Gasteiger partial charge < -0.3 is 0 Å². The van der Waals surface area contributed by atoms with Crippen molar-refractivity contribution in [1.82, 2.24) is 10.6 Å². The van der Waals surface area contributed by atoms with Crippen molar-refractivity contribution in [3.05, 3.63) is 71.8 Å². The lowest BCUT2D eigenvalue weighted by atomic mass is 9.95. The maximum absolute atomic E-state index is 3.61. The van der Waals surface area contributed by atoms with E-state index in [1.54, 1.807) is 0 Å². The number of hydrogen-bond acceptors (Lipinski definition) is 2. The third kappa shape index (κ3) is 2.17. The van der Waals surface area contributed by atoms with Crippen molar-refractivity contribution in [3.63, 3.8) is 0 Å². The summed E-state index contributed by atoms with van der Waals surface area (Å²) in [4.78, 5) is 0. The van der Waals surface area contributed by atoms with Gasteiger partial charge in [-0.3, -0.25) is 10.6 Å². The maximum Gasteiger partial charge on any atom is 0.0553 e. The van der Waals surface area contributed by atoms with Gasteiger partial charge in [0.2, 0.25) is 0 Å². The second-order valence-corrected chi connectivity index (χ2v) is 4.83. The summed E-state index contributed by atoms with van der Waals surface area (Å²) in [5, 5.41) is 7.22. The molecule has 2 heteroatoms. The van der Waals surface area contributed by atoms with Crippen molar-refractivity contribution in [3.8, 4) is 0 Å². The van der Waals surface area contributed by atoms with Crippen LogP contribution in [0.1, 0.15) is 30.1 Å². The summed E-state index contributed by atoms with van der Waals surface area (Å²) in [7, 11) is 0. The number of rotatable bonds is 2. The van der Waals surface area contributed by atoms with Gasteiger partial charge in [-0.05, 0) is 18.1 Å². The molecule has 2 aromatic rings. The largest absolute Gasteiger partial charge is 0.293 e. The van der Waals surface area contributed by atoms with E-state index in [0.29, 0.717) is 18.2 Å². The van der Waals surface area contributed by atoms with Crippen LogP contribution in [-0.4, -0.2) is 6.17 Å². The standard InChI is InChI=1S/C16H18N2/c1-12-17-15(13-8-4-2-5-9-13)16(18-12)14-10-6-3-7-11-14/h2-12,15-18H,1H3. The lowest BCUT2D eigenvalue weighted by Crippen LogP contribution is -2.27. The lowest BCUT2D eigenvalue weighted by Gasteiger charge is -2.19. The number of benzene rings is 2. The van der Waals surface area contributed by atoms with Crippen LogP contribution >= 0.6 is 0 Å². The zero-order valence-electron chi connectivity index (χ0n) is 10.5. The average Bonchev–Trinajstić information content (AvgIpc) is 2.83. The van der Waals surface area contributed by atoms with E-state index in [2.05, 4.69) is 78.2 Å². The molecule has 1 aliphatic rings. The molecule has 2 nitrogen and oxygen atoms in total. The quantitative estimate of drug-likeness (QED) is 0.840. The molecule has 3 rings (SSSR count). The number of nitrogens with one attached hydrogen (secondary N) is 2. The van der Waals surface area contributed by atoms with Crippen LogP contribution in [0.2, 0.25) is 0 Å². The minimum atomic E-state index is 0.334. The molecular formula is C16H18N2. The first-order valence-corrected chi connectivity index (χ1v) is 6.46. The van der Waals surface area contributed by atoms with Gasteiger partial charge in [-0.25, -0.2) is 0 Å². The van der Waals surface area contributed by atoms with Crippen molar-refractivity contribution < 1.29 is 0 Å². The molecule has 0 bridgehead atoms. The van der Waals surface area contributed by atoms with Gasteiger partial charge in [-0.2, -0.15) is 0 Å². The summed E-state index contributed by atoms with van der Waals surface area (Å²) >= 11 is 0. The zero-order chi connectivity index (χ0) is 12.4. The van der Waals surface area contributed by atoms with Crippen molar-refractivity contribution in [1.29, 1.82) is 0 Å². The van der Waals surface area contributed by atoms with Gasteiger partial charge in [0.1, 0.15) is 0 Å². The van der Waals surface area contributed by atoms with E-state index in [4.69, 9.17) is 0 Å². The topological polar surface area (TPSA) is 24.1 Å². The highest BCUT2D eigenvalue weighted by molar-refractivity contribution is 5.29. The van der Waals surface area contributed by atoms with Gasteiger partial charge in [0.05, 0.1) is 18.2 Å². The average molecular weight is 238 g/mol. The number of hydrogen-bond donors (Lipinski definition) is 2. The van der Waals surface area contributed by atoms with E-state index in [1.807, 2.05) is 0 Å². The highest BCUT2D eigenvalue weighted by Crippen LogP contribution is 2.33. The summed E-state index contributed by atoms with van der Waals surface area (Å²) in [6, 6.07) is 21.9. The Morgan fingerprint density at radius 1 is 0.667 bits per heavy atom. The first kappa shape index (κ1) is 11.5. The second-order valence-electron chi connectivity index (χ2n) is 4.83. The Kier molecular flexibility index (Phi) is 3.13. The van der Waals surface area contributed by atoms with Crippen LogP contribution in [0.4, 0.5) is 0 Å². The molecule has 2 unspecified atom stereocenters. The SMILES string of the molecule is CC1NC(c2ccccc2)C(c2ccccc2)N1. The van der Waals surface area contributed by atoms with Crippen LogP contribution in [0.5, 0.6) is 0 Å². The maximum atomic E-state index is 3.61. The van der Waals surface area contributed by atoms with Crippen LogP contribution in [-0.2, 0) is 0 Å². The van der Waals surface area contributed by atoms with Gasteiger partial charge in [0.15, 0.2) is 0 Å². The molecule has 0 aliphatic carbocycles. The Bertz CT molecular complexity index is 448. The Morgan fingerprint density at radius 3 is 1.44 bits per heavy atom. The molecule has 2 N–H and O–H groups in total. The highest BCUT2D eigenvalue weighted by Gasteiger charge is 2.32. The zero-order valence-corrected chi connectivity index (χ0v) is 10.5. The predicted octanol–water partition coefficient (Wildman–Crippen LogP) is 3.01. The first-order chi connectivity index (χ1) is 8.84. The highest BCUT2D eigenvalue weighted by atomic mass is 15.2. The Hall–Kier alpha value is -1.64. The lowest BCUT2D eigenvalue weighted by molar-refractivity contribution is 0.554. The van der Waals surface area contributed by atoms with Crippen LogP contribution in [0.25, 0.3) is 0 Å². The van der Waals surface area contributed by atoms with Gasteiger partial charge in [0.25, 0.3) is 0 Å². The van der Waals surface area contributed by atoms with E-state index in [9.17, 15) is 0 Å². The fraction of sp³-hybridized carbons (Fsp3) is 0.250. The normalized spacial score (nSPS) is 27.3. The van der Waals surface area contributed by atoms with Crippen molar-refractivity contribution in [2.45, 2.75) is 25.2 Å². The molecule has 1 heterocycles. The minimum absolute atomic E-state index is 0.334. The predicted molar refractivity (Wildman–Crippen MR) is 74.1 cm³/mol. The first-order valence-electron chi connectivity index (χ1n) is 6.46. The van der Waals surface area contributed by atoms with Crippen LogP contribution in [0.15, 0.2) is 60.7 Å². The van der Waals surface area contributed by atoms with Crippen LogP contribution < -0.4 is 10.6 Å². The molecule has 1 fully saturated rings. The molecule has 2 atom stereocenters. The van der Waals surface area contributed by atoms with Gasteiger partial charge in [0, 0.05) is 0 Å². The molecule has 0 amide bonds. The fourth-order valence-corrected chi connectivity index (χ4v) is 2.68. The van der Waals surface area contributed by atoms with E-state index in [-0.39, 0.29) is 0 Å². The Labute approximate surface area is 108 Å². The summed E-state index contributed by atoms with van der Waals surface area (Å²) < 4.78 is 0.